The number of aryl methyl sites for hydroxylation is 1. The lowest BCUT2D eigenvalue weighted by Gasteiger charge is -2.44. The van der Waals surface area contributed by atoms with Crippen molar-refractivity contribution in [2.75, 3.05) is 5.32 Å². The lowest BCUT2D eigenvalue weighted by molar-refractivity contribution is -0.154. The van der Waals surface area contributed by atoms with Gasteiger partial charge in [0.1, 0.15) is 16.8 Å². The molecule has 0 aliphatic heterocycles. The number of aromatic nitrogens is 3. The second-order valence-corrected chi connectivity index (χ2v) is 10.8. The molecule has 2 heterocycles. The highest BCUT2D eigenvalue weighted by Gasteiger charge is 2.49. The zero-order valence-electron chi connectivity index (χ0n) is 19.7. The third kappa shape index (κ3) is 4.95. The smallest absolute Gasteiger partial charge is 0.307 e. The van der Waals surface area contributed by atoms with Crippen LogP contribution in [0.5, 0.6) is 0 Å². The fraction of sp³-hybridized carbons (Fsp3) is 0.440. The highest BCUT2D eigenvalue weighted by Crippen LogP contribution is 2.50. The summed E-state index contributed by atoms with van der Waals surface area (Å²) in [6.45, 7) is 7.19. The molecule has 1 saturated carbocycles. The lowest BCUT2D eigenvalue weighted by atomic mass is 9.63. The number of halogens is 1. The maximum absolute atomic E-state index is 13.6. The standard InChI is InChI=1S/C25H29FN4O3S/c1-14-9-16(11-17(10-14)29-23-27-8-6-19(30-23)15(2)26)20-12-28-22(34-20)25(33)7-5-18(21(31)32)24(3,4)13-25/h6,8-12,15,18,33H,5,7,13H2,1-4H3,(H,31,32)(H,27,29,30)/t15-,18+,25+/m0/s1. The highest BCUT2D eigenvalue weighted by molar-refractivity contribution is 7.15. The number of hydrogen-bond acceptors (Lipinski definition) is 7. The number of aliphatic hydroxyl groups is 1. The Morgan fingerprint density at radius 3 is 2.74 bits per heavy atom. The van der Waals surface area contributed by atoms with Crippen LogP contribution in [0.15, 0.2) is 36.7 Å². The first-order valence-electron chi connectivity index (χ1n) is 11.2. The molecule has 9 heteroatoms. The molecule has 1 aliphatic rings. The molecule has 0 radical (unpaired) electrons. The number of nitrogens with one attached hydrogen (secondary N) is 1. The number of nitrogens with zero attached hydrogens (tertiary/aromatic N) is 3. The SMILES string of the molecule is Cc1cc(Nc2nccc([C@H](C)F)n2)cc(-c2cnc([C@@]3(O)CC[C@H](C(=O)O)C(C)(C)C3)s2)c1. The molecule has 180 valence electrons. The van der Waals surface area contributed by atoms with Crippen LogP contribution in [0.2, 0.25) is 0 Å². The Labute approximate surface area is 202 Å². The number of alkyl halides is 1. The van der Waals surface area contributed by atoms with Crippen molar-refractivity contribution in [3.63, 3.8) is 0 Å². The summed E-state index contributed by atoms with van der Waals surface area (Å²) in [6.07, 6.45) is 3.19. The van der Waals surface area contributed by atoms with E-state index in [1.165, 1.54) is 24.5 Å². The number of rotatable bonds is 6. The van der Waals surface area contributed by atoms with Crippen LogP contribution in [-0.4, -0.2) is 31.1 Å². The number of aliphatic carboxylic acids is 1. The van der Waals surface area contributed by atoms with E-state index in [9.17, 15) is 19.4 Å². The molecule has 0 amide bonds. The first kappa shape index (κ1) is 24.2. The molecule has 1 fully saturated rings. The van der Waals surface area contributed by atoms with E-state index in [1.54, 1.807) is 12.3 Å². The normalized spacial score (nSPS) is 22.8. The van der Waals surface area contributed by atoms with E-state index < -0.39 is 29.1 Å². The summed E-state index contributed by atoms with van der Waals surface area (Å²) in [5.41, 5.74) is 1.30. The van der Waals surface area contributed by atoms with Crippen LogP contribution in [0.1, 0.15) is 62.5 Å². The number of benzene rings is 1. The molecule has 0 spiro atoms. The van der Waals surface area contributed by atoms with E-state index >= 15 is 0 Å². The molecule has 1 aromatic carbocycles. The van der Waals surface area contributed by atoms with Crippen molar-refractivity contribution in [3.05, 3.63) is 52.9 Å². The van der Waals surface area contributed by atoms with Gasteiger partial charge in [-0.25, -0.2) is 19.3 Å². The summed E-state index contributed by atoms with van der Waals surface area (Å²) in [7, 11) is 0. The summed E-state index contributed by atoms with van der Waals surface area (Å²) in [6, 6.07) is 7.46. The average Bonchev–Trinajstić information content (AvgIpc) is 3.24. The number of hydrogen-bond donors (Lipinski definition) is 3. The second-order valence-electron chi connectivity index (χ2n) is 9.79. The molecule has 0 unspecified atom stereocenters. The monoisotopic (exact) mass is 484 g/mol. The van der Waals surface area contributed by atoms with E-state index in [-0.39, 0.29) is 0 Å². The van der Waals surface area contributed by atoms with Gasteiger partial charge in [-0.2, -0.15) is 0 Å². The van der Waals surface area contributed by atoms with Crippen molar-refractivity contribution in [3.8, 4) is 10.4 Å². The summed E-state index contributed by atoms with van der Waals surface area (Å²) < 4.78 is 13.6. The predicted molar refractivity (Wildman–Crippen MR) is 130 cm³/mol. The Morgan fingerprint density at radius 2 is 2.06 bits per heavy atom. The molecule has 0 saturated heterocycles. The van der Waals surface area contributed by atoms with Gasteiger partial charge in [-0.3, -0.25) is 4.79 Å². The molecule has 0 bridgehead atoms. The van der Waals surface area contributed by atoms with Crippen molar-refractivity contribution in [1.82, 2.24) is 15.0 Å². The van der Waals surface area contributed by atoms with Crippen LogP contribution < -0.4 is 5.32 Å². The minimum absolute atomic E-state index is 0.311. The van der Waals surface area contributed by atoms with Crippen LogP contribution in [0.25, 0.3) is 10.4 Å². The number of carbonyl (C=O) groups is 1. The van der Waals surface area contributed by atoms with Crippen LogP contribution in [0.4, 0.5) is 16.0 Å². The summed E-state index contributed by atoms with van der Waals surface area (Å²) in [5, 5.41) is 24.7. The Bertz CT molecular complexity index is 1210. The van der Waals surface area contributed by atoms with Gasteiger partial charge in [0.2, 0.25) is 5.95 Å². The van der Waals surface area contributed by atoms with Gasteiger partial charge in [0.15, 0.2) is 0 Å². The average molecular weight is 485 g/mol. The molecule has 4 rings (SSSR count). The van der Waals surface area contributed by atoms with E-state index in [4.69, 9.17) is 0 Å². The molecule has 1 aliphatic carbocycles. The molecule has 7 nitrogen and oxygen atoms in total. The van der Waals surface area contributed by atoms with E-state index in [1.807, 2.05) is 39.0 Å². The zero-order chi connectivity index (χ0) is 24.7. The molecular formula is C25H29FN4O3S. The maximum Gasteiger partial charge on any atom is 0.307 e. The quantitative estimate of drug-likeness (QED) is 0.407. The fourth-order valence-electron chi connectivity index (χ4n) is 4.78. The third-order valence-electron chi connectivity index (χ3n) is 6.44. The van der Waals surface area contributed by atoms with E-state index in [0.717, 1.165) is 21.7 Å². The second kappa shape index (κ2) is 9.03. The van der Waals surface area contributed by atoms with Crippen molar-refractivity contribution >= 4 is 28.9 Å². The minimum atomic E-state index is -1.19. The first-order valence-corrected chi connectivity index (χ1v) is 12.1. The first-order chi connectivity index (χ1) is 16.0. The van der Waals surface area contributed by atoms with Crippen LogP contribution >= 0.6 is 11.3 Å². The lowest BCUT2D eigenvalue weighted by Crippen LogP contribution is -2.44. The minimum Gasteiger partial charge on any atom is -0.481 e. The number of anilines is 2. The van der Waals surface area contributed by atoms with Gasteiger partial charge in [0.05, 0.1) is 16.5 Å². The summed E-state index contributed by atoms with van der Waals surface area (Å²) in [4.78, 5) is 25.5. The Morgan fingerprint density at radius 1 is 1.29 bits per heavy atom. The van der Waals surface area contributed by atoms with E-state index in [0.29, 0.717) is 35.9 Å². The highest BCUT2D eigenvalue weighted by atomic mass is 32.1. The van der Waals surface area contributed by atoms with E-state index in [2.05, 4.69) is 20.3 Å². The largest absolute Gasteiger partial charge is 0.481 e. The predicted octanol–water partition coefficient (Wildman–Crippen LogP) is 5.78. The Kier molecular flexibility index (Phi) is 6.44. The van der Waals surface area contributed by atoms with Gasteiger partial charge < -0.3 is 15.5 Å². The van der Waals surface area contributed by atoms with Crippen LogP contribution in [0, 0.1) is 18.3 Å². The number of carboxylic acid groups (broad SMARTS) is 1. The Hall–Kier alpha value is -2.91. The van der Waals surface area contributed by atoms with Crippen molar-refractivity contribution in [2.45, 2.75) is 58.7 Å². The topological polar surface area (TPSA) is 108 Å². The zero-order valence-corrected chi connectivity index (χ0v) is 20.5. The van der Waals surface area contributed by atoms with Crippen LogP contribution in [-0.2, 0) is 10.4 Å². The van der Waals surface area contributed by atoms with Gasteiger partial charge in [-0.05, 0) is 67.9 Å². The summed E-state index contributed by atoms with van der Waals surface area (Å²) >= 11 is 1.41. The van der Waals surface area contributed by atoms with Crippen molar-refractivity contribution < 1.29 is 19.4 Å². The van der Waals surface area contributed by atoms with Crippen LogP contribution in [0.3, 0.4) is 0 Å². The molecule has 3 aromatic rings. The van der Waals surface area contributed by atoms with Gasteiger partial charge in [-0.15, -0.1) is 11.3 Å². The van der Waals surface area contributed by atoms with Gasteiger partial charge >= 0.3 is 5.97 Å². The van der Waals surface area contributed by atoms with Gasteiger partial charge in [-0.1, -0.05) is 19.9 Å². The number of thiazole rings is 1. The van der Waals surface area contributed by atoms with Gasteiger partial charge in [0, 0.05) is 18.1 Å². The van der Waals surface area contributed by atoms with Gasteiger partial charge in [0.25, 0.3) is 0 Å². The van der Waals surface area contributed by atoms with Crippen molar-refractivity contribution in [1.29, 1.82) is 0 Å². The van der Waals surface area contributed by atoms with Crippen molar-refractivity contribution in [2.24, 2.45) is 11.3 Å². The molecular weight excluding hydrogens is 455 g/mol. The maximum atomic E-state index is 13.6. The molecule has 3 atom stereocenters. The Balaban J connectivity index is 1.59. The molecule has 34 heavy (non-hydrogen) atoms. The molecule has 2 aromatic heterocycles. The summed E-state index contributed by atoms with van der Waals surface area (Å²) in [5.74, 6) is -0.990. The molecule has 3 N–H and O–H groups in total. The number of carboxylic acids is 1. The third-order valence-corrected chi connectivity index (χ3v) is 7.68. The fourth-order valence-corrected chi connectivity index (χ4v) is 5.80.